The Balaban J connectivity index is 2.47. The molecule has 0 saturated heterocycles. The van der Waals surface area contributed by atoms with E-state index < -0.39 is 0 Å². The number of hydrogen-bond acceptors (Lipinski definition) is 2. The lowest BCUT2D eigenvalue weighted by molar-refractivity contribution is 1.39. The summed E-state index contributed by atoms with van der Waals surface area (Å²) in [4.78, 5) is 0. The topological polar surface area (TPSA) is 23.8 Å². The van der Waals surface area contributed by atoms with E-state index >= 15 is 0 Å². The second kappa shape index (κ2) is 2.04. The van der Waals surface area contributed by atoms with E-state index in [4.69, 9.17) is 5.26 Å². The van der Waals surface area contributed by atoms with Crippen molar-refractivity contribution in [1.29, 1.82) is 5.26 Å². The molecule has 0 spiro atoms. The highest BCUT2D eigenvalue weighted by molar-refractivity contribution is 8.00. The Kier molecular flexibility index (Phi) is 1.38. The number of nitriles is 1. The first-order chi connectivity index (χ1) is 3.43. The molecule has 0 bridgehead atoms. The van der Waals surface area contributed by atoms with Crippen LogP contribution in [-0.2, 0) is 0 Å². The molecule has 1 aliphatic heterocycles. The van der Waals surface area contributed by atoms with Crippen molar-refractivity contribution in [2.75, 3.05) is 5.75 Å². The smallest absolute Gasteiger partial charge is 0.110 e. The lowest BCUT2D eigenvalue weighted by atomic mass is 10.4. The van der Waals surface area contributed by atoms with Crippen molar-refractivity contribution in [2.45, 2.75) is 5.25 Å². The van der Waals surface area contributed by atoms with Crippen molar-refractivity contribution in [3.8, 4) is 6.07 Å². The molecule has 0 aromatic carbocycles. The largest absolute Gasteiger partial charge is 0.197 e. The van der Waals surface area contributed by atoms with Gasteiger partial charge in [-0.15, -0.1) is 11.8 Å². The number of rotatable bonds is 0. The molecule has 1 atom stereocenters. The monoisotopic (exact) mass is 111 g/mol. The Morgan fingerprint density at radius 3 is 3.00 bits per heavy atom. The standard InChI is InChI=1S/C5H5NS/c6-4-5-2-1-3-7-5/h1-2,5H,3H2. The Morgan fingerprint density at radius 2 is 2.71 bits per heavy atom. The van der Waals surface area contributed by atoms with E-state index in [9.17, 15) is 0 Å². The molecule has 36 valence electrons. The van der Waals surface area contributed by atoms with Gasteiger partial charge < -0.3 is 0 Å². The molecule has 0 aliphatic carbocycles. The van der Waals surface area contributed by atoms with E-state index in [1.54, 1.807) is 11.8 Å². The predicted molar refractivity (Wildman–Crippen MR) is 31.0 cm³/mol. The van der Waals surface area contributed by atoms with Gasteiger partial charge in [-0.25, -0.2) is 0 Å². The summed E-state index contributed by atoms with van der Waals surface area (Å²) in [7, 11) is 0. The van der Waals surface area contributed by atoms with Crippen LogP contribution in [0, 0.1) is 11.3 Å². The van der Waals surface area contributed by atoms with E-state index in [0.29, 0.717) is 0 Å². The molecule has 1 heterocycles. The van der Waals surface area contributed by atoms with Crippen molar-refractivity contribution in [1.82, 2.24) is 0 Å². The molecule has 0 N–H and O–H groups in total. The molecule has 1 aliphatic rings. The van der Waals surface area contributed by atoms with Crippen LogP contribution in [0.15, 0.2) is 12.2 Å². The van der Waals surface area contributed by atoms with Gasteiger partial charge in [0.1, 0.15) is 5.25 Å². The highest BCUT2D eigenvalue weighted by Crippen LogP contribution is 2.17. The summed E-state index contributed by atoms with van der Waals surface area (Å²) < 4.78 is 0. The van der Waals surface area contributed by atoms with Crippen molar-refractivity contribution in [3.63, 3.8) is 0 Å². The molecule has 7 heavy (non-hydrogen) atoms. The van der Waals surface area contributed by atoms with Gasteiger partial charge in [-0.05, 0) is 0 Å². The van der Waals surface area contributed by atoms with Crippen LogP contribution in [0.25, 0.3) is 0 Å². The zero-order valence-corrected chi connectivity index (χ0v) is 4.61. The average molecular weight is 111 g/mol. The Morgan fingerprint density at radius 1 is 1.86 bits per heavy atom. The summed E-state index contributed by atoms with van der Waals surface area (Å²) in [5.74, 6) is 1.01. The summed E-state index contributed by atoms with van der Waals surface area (Å²) in [6.45, 7) is 0. The fourth-order valence-electron chi connectivity index (χ4n) is 0.474. The summed E-state index contributed by atoms with van der Waals surface area (Å²) >= 11 is 1.67. The molecule has 0 aromatic heterocycles. The van der Waals surface area contributed by atoms with Crippen LogP contribution in [0.3, 0.4) is 0 Å². The second-order valence-corrected chi connectivity index (χ2v) is 2.49. The van der Waals surface area contributed by atoms with Crippen LogP contribution in [0.5, 0.6) is 0 Å². The minimum Gasteiger partial charge on any atom is -0.197 e. The van der Waals surface area contributed by atoms with Gasteiger partial charge >= 0.3 is 0 Å². The van der Waals surface area contributed by atoms with E-state index in [2.05, 4.69) is 6.07 Å². The van der Waals surface area contributed by atoms with Gasteiger partial charge in [0.2, 0.25) is 0 Å². The summed E-state index contributed by atoms with van der Waals surface area (Å²) in [5, 5.41) is 8.38. The number of hydrogen-bond donors (Lipinski definition) is 0. The van der Waals surface area contributed by atoms with Crippen LogP contribution < -0.4 is 0 Å². The van der Waals surface area contributed by atoms with Crippen molar-refractivity contribution in [3.05, 3.63) is 12.2 Å². The van der Waals surface area contributed by atoms with Crippen LogP contribution in [0.2, 0.25) is 0 Å². The number of thioether (sulfide) groups is 1. The van der Waals surface area contributed by atoms with E-state index in [-0.39, 0.29) is 5.25 Å². The van der Waals surface area contributed by atoms with Gasteiger partial charge in [-0.3, -0.25) is 0 Å². The molecule has 1 nitrogen and oxygen atoms in total. The van der Waals surface area contributed by atoms with E-state index in [1.807, 2.05) is 12.2 Å². The van der Waals surface area contributed by atoms with Crippen molar-refractivity contribution in [2.24, 2.45) is 0 Å². The van der Waals surface area contributed by atoms with E-state index in [1.165, 1.54) is 0 Å². The normalized spacial score (nSPS) is 27.6. The third-order valence-electron chi connectivity index (χ3n) is 0.810. The molecule has 0 radical (unpaired) electrons. The second-order valence-electron chi connectivity index (χ2n) is 1.31. The molecule has 1 unspecified atom stereocenters. The zero-order chi connectivity index (χ0) is 5.11. The third kappa shape index (κ3) is 0.971. The van der Waals surface area contributed by atoms with Gasteiger partial charge in [0.05, 0.1) is 6.07 Å². The first-order valence-electron chi connectivity index (χ1n) is 2.11. The third-order valence-corrected chi connectivity index (χ3v) is 1.82. The molecule has 0 fully saturated rings. The minimum atomic E-state index is 0.139. The quantitative estimate of drug-likeness (QED) is 0.438. The molecule has 1 rings (SSSR count). The maximum atomic E-state index is 8.24. The first kappa shape index (κ1) is 4.73. The zero-order valence-electron chi connectivity index (χ0n) is 3.79. The Labute approximate surface area is 47.0 Å². The van der Waals surface area contributed by atoms with Crippen molar-refractivity contribution >= 4 is 11.8 Å². The molecule has 0 amide bonds. The van der Waals surface area contributed by atoms with Crippen molar-refractivity contribution < 1.29 is 0 Å². The molecule has 2 heteroatoms. The summed E-state index contributed by atoms with van der Waals surface area (Å²) in [5.41, 5.74) is 0. The maximum absolute atomic E-state index is 8.24. The number of nitrogens with zero attached hydrogens (tertiary/aromatic N) is 1. The summed E-state index contributed by atoms with van der Waals surface area (Å²) in [6, 6.07) is 2.14. The highest BCUT2D eigenvalue weighted by atomic mass is 32.2. The molecular weight excluding hydrogens is 106 g/mol. The minimum absolute atomic E-state index is 0.139. The van der Waals surface area contributed by atoms with Gasteiger partial charge in [0.25, 0.3) is 0 Å². The van der Waals surface area contributed by atoms with Crippen LogP contribution in [0.4, 0.5) is 0 Å². The lowest BCUT2D eigenvalue weighted by Gasteiger charge is -1.86. The van der Waals surface area contributed by atoms with Crippen LogP contribution >= 0.6 is 11.8 Å². The van der Waals surface area contributed by atoms with Crippen LogP contribution in [-0.4, -0.2) is 11.0 Å². The average Bonchev–Trinajstić information content (AvgIpc) is 2.14. The molecule has 0 saturated carbocycles. The summed E-state index contributed by atoms with van der Waals surface area (Å²) in [6.07, 6.45) is 3.96. The van der Waals surface area contributed by atoms with Gasteiger partial charge in [-0.1, -0.05) is 12.2 Å². The lowest BCUT2D eigenvalue weighted by Crippen LogP contribution is -1.84. The fraction of sp³-hybridized carbons (Fsp3) is 0.400. The maximum Gasteiger partial charge on any atom is 0.110 e. The fourth-order valence-corrected chi connectivity index (χ4v) is 1.20. The molecule has 0 aromatic rings. The molecular formula is C5H5NS. The van der Waals surface area contributed by atoms with Gasteiger partial charge in [0, 0.05) is 5.75 Å². The highest BCUT2D eigenvalue weighted by Gasteiger charge is 2.05. The van der Waals surface area contributed by atoms with E-state index in [0.717, 1.165) is 5.75 Å². The predicted octanol–water partition coefficient (Wildman–Crippen LogP) is 1.18. The van der Waals surface area contributed by atoms with Gasteiger partial charge in [-0.2, -0.15) is 5.26 Å². The van der Waals surface area contributed by atoms with Gasteiger partial charge in [0.15, 0.2) is 0 Å². The Hall–Kier alpha value is -0.420. The Bertz CT molecular complexity index is 123. The first-order valence-corrected chi connectivity index (χ1v) is 3.16. The SMILES string of the molecule is N#CC1C=CCS1. The van der Waals surface area contributed by atoms with Crippen LogP contribution in [0.1, 0.15) is 0 Å².